The van der Waals surface area contributed by atoms with E-state index in [9.17, 15) is 13.2 Å². The van der Waals surface area contributed by atoms with Crippen LogP contribution in [0.2, 0.25) is 0 Å². The Morgan fingerprint density at radius 1 is 1.36 bits per heavy atom. The molecular weight excluding hydrogens is 219 g/mol. The number of halogens is 4. The van der Waals surface area contributed by atoms with Crippen LogP contribution in [-0.2, 0) is 5.88 Å². The van der Waals surface area contributed by atoms with Crippen LogP contribution in [0.3, 0.4) is 0 Å². The molecule has 0 atom stereocenters. The summed E-state index contributed by atoms with van der Waals surface area (Å²) in [6.45, 7) is -1.33. The molecule has 0 unspecified atom stereocenters. The van der Waals surface area contributed by atoms with Crippen molar-refractivity contribution in [3.05, 3.63) is 23.9 Å². The summed E-state index contributed by atoms with van der Waals surface area (Å²) in [5.74, 6) is 0.211. The standard InChI is InChI=1S/C8H7ClF3NO/c9-3-6-1-2-7(13-4-6)14-5-8(10,11)12/h1-2,4H,3,5H2. The number of alkyl halides is 4. The number of ether oxygens (including phenoxy) is 1. The van der Waals surface area contributed by atoms with Crippen LogP contribution >= 0.6 is 11.6 Å². The van der Waals surface area contributed by atoms with Crippen LogP contribution in [-0.4, -0.2) is 17.8 Å². The van der Waals surface area contributed by atoms with Crippen molar-refractivity contribution in [2.45, 2.75) is 12.1 Å². The van der Waals surface area contributed by atoms with Crippen molar-refractivity contribution in [1.29, 1.82) is 0 Å². The molecule has 14 heavy (non-hydrogen) atoms. The summed E-state index contributed by atoms with van der Waals surface area (Å²) in [5, 5.41) is 0. The molecule has 0 bridgehead atoms. The van der Waals surface area contributed by atoms with E-state index in [1.807, 2.05) is 0 Å². The van der Waals surface area contributed by atoms with E-state index in [1.165, 1.54) is 12.3 Å². The van der Waals surface area contributed by atoms with Crippen molar-refractivity contribution >= 4 is 11.6 Å². The first-order chi connectivity index (χ1) is 6.51. The van der Waals surface area contributed by atoms with Gasteiger partial charge in [0.15, 0.2) is 6.61 Å². The maximum atomic E-state index is 11.7. The third kappa shape index (κ3) is 3.83. The molecule has 0 amide bonds. The first kappa shape index (κ1) is 11.1. The van der Waals surface area contributed by atoms with Crippen molar-refractivity contribution < 1.29 is 17.9 Å². The molecule has 78 valence electrons. The van der Waals surface area contributed by atoms with Gasteiger partial charge in [-0.2, -0.15) is 13.2 Å². The van der Waals surface area contributed by atoms with Crippen molar-refractivity contribution in [1.82, 2.24) is 4.98 Å². The molecule has 0 saturated heterocycles. The van der Waals surface area contributed by atoms with Crippen molar-refractivity contribution in [3.8, 4) is 5.88 Å². The topological polar surface area (TPSA) is 22.1 Å². The summed E-state index contributed by atoms with van der Waals surface area (Å²) >= 11 is 5.47. The number of nitrogens with zero attached hydrogens (tertiary/aromatic N) is 1. The number of hydrogen-bond donors (Lipinski definition) is 0. The van der Waals surface area contributed by atoms with E-state index in [1.54, 1.807) is 6.07 Å². The molecule has 1 aromatic rings. The van der Waals surface area contributed by atoms with Crippen LogP contribution in [0, 0.1) is 0 Å². The minimum absolute atomic E-state index is 0.0591. The summed E-state index contributed by atoms with van der Waals surface area (Å²) < 4.78 is 39.5. The fraction of sp³-hybridized carbons (Fsp3) is 0.375. The lowest BCUT2D eigenvalue weighted by molar-refractivity contribution is -0.154. The predicted octanol–water partition coefficient (Wildman–Crippen LogP) is 2.76. The fourth-order valence-corrected chi connectivity index (χ4v) is 0.889. The first-order valence-corrected chi connectivity index (χ1v) is 4.25. The molecule has 0 saturated carbocycles. The predicted molar refractivity (Wildman–Crippen MR) is 45.3 cm³/mol. The van der Waals surface area contributed by atoms with Crippen LogP contribution in [0.15, 0.2) is 18.3 Å². The zero-order chi connectivity index (χ0) is 10.6. The molecule has 0 aliphatic heterocycles. The monoisotopic (exact) mass is 225 g/mol. The molecule has 1 aromatic heterocycles. The molecule has 0 fully saturated rings. The van der Waals surface area contributed by atoms with Gasteiger partial charge in [-0.05, 0) is 5.56 Å². The number of hydrogen-bond acceptors (Lipinski definition) is 2. The normalized spacial score (nSPS) is 11.4. The smallest absolute Gasteiger partial charge is 0.422 e. The average molecular weight is 226 g/mol. The highest BCUT2D eigenvalue weighted by Gasteiger charge is 2.28. The minimum Gasteiger partial charge on any atom is -0.468 e. The van der Waals surface area contributed by atoms with Gasteiger partial charge in [0, 0.05) is 18.1 Å². The summed E-state index contributed by atoms with van der Waals surface area (Å²) in [4.78, 5) is 3.65. The van der Waals surface area contributed by atoms with Gasteiger partial charge in [-0.15, -0.1) is 11.6 Å². The molecule has 0 aliphatic rings. The molecular formula is C8H7ClF3NO. The third-order valence-corrected chi connectivity index (χ3v) is 1.64. The van der Waals surface area contributed by atoms with E-state index >= 15 is 0 Å². The zero-order valence-corrected chi connectivity index (χ0v) is 7.77. The minimum atomic E-state index is -4.34. The number of pyridine rings is 1. The van der Waals surface area contributed by atoms with Gasteiger partial charge in [-0.3, -0.25) is 0 Å². The van der Waals surface area contributed by atoms with Crippen LogP contribution in [0.5, 0.6) is 5.88 Å². The van der Waals surface area contributed by atoms with E-state index < -0.39 is 12.8 Å². The van der Waals surface area contributed by atoms with E-state index in [0.717, 1.165) is 5.56 Å². The molecule has 0 aliphatic carbocycles. The number of aromatic nitrogens is 1. The number of rotatable bonds is 3. The Balaban J connectivity index is 2.52. The fourth-order valence-electron chi connectivity index (χ4n) is 0.731. The molecule has 0 radical (unpaired) electrons. The lowest BCUT2D eigenvalue weighted by atomic mass is 10.3. The van der Waals surface area contributed by atoms with Crippen molar-refractivity contribution in [3.63, 3.8) is 0 Å². The second kappa shape index (κ2) is 4.50. The van der Waals surface area contributed by atoms with Gasteiger partial charge in [0.1, 0.15) is 0 Å². The highest BCUT2D eigenvalue weighted by atomic mass is 35.5. The second-order valence-electron chi connectivity index (χ2n) is 2.54. The van der Waals surface area contributed by atoms with E-state index in [4.69, 9.17) is 11.6 Å². The molecule has 0 N–H and O–H groups in total. The Kier molecular flexibility index (Phi) is 3.57. The van der Waals surface area contributed by atoms with Crippen LogP contribution in [0.25, 0.3) is 0 Å². The quantitative estimate of drug-likeness (QED) is 0.738. The average Bonchev–Trinajstić information content (AvgIpc) is 2.14. The summed E-state index contributed by atoms with van der Waals surface area (Å²) in [6.07, 6.45) is -2.97. The SMILES string of the molecule is FC(F)(F)COc1ccc(CCl)cn1. The summed E-state index contributed by atoms with van der Waals surface area (Å²) in [6, 6.07) is 2.91. The van der Waals surface area contributed by atoms with Crippen LogP contribution < -0.4 is 4.74 Å². The Bertz CT molecular complexity index is 286. The Labute approximate surface area is 83.7 Å². The third-order valence-electron chi connectivity index (χ3n) is 1.34. The van der Waals surface area contributed by atoms with Gasteiger partial charge in [0.2, 0.25) is 5.88 Å². The van der Waals surface area contributed by atoms with E-state index in [2.05, 4.69) is 9.72 Å². The molecule has 6 heteroatoms. The van der Waals surface area contributed by atoms with Gasteiger partial charge >= 0.3 is 6.18 Å². The maximum absolute atomic E-state index is 11.7. The Hall–Kier alpha value is -0.970. The summed E-state index contributed by atoms with van der Waals surface area (Å²) in [7, 11) is 0. The Morgan fingerprint density at radius 3 is 2.50 bits per heavy atom. The first-order valence-electron chi connectivity index (χ1n) is 3.72. The molecule has 2 nitrogen and oxygen atoms in total. The van der Waals surface area contributed by atoms with Gasteiger partial charge in [-0.25, -0.2) is 4.98 Å². The second-order valence-corrected chi connectivity index (χ2v) is 2.81. The zero-order valence-electron chi connectivity index (χ0n) is 7.01. The maximum Gasteiger partial charge on any atom is 0.422 e. The lowest BCUT2D eigenvalue weighted by Gasteiger charge is -2.07. The van der Waals surface area contributed by atoms with Crippen LogP contribution in [0.4, 0.5) is 13.2 Å². The molecule has 1 rings (SSSR count). The Morgan fingerprint density at radius 2 is 2.07 bits per heavy atom. The van der Waals surface area contributed by atoms with Gasteiger partial charge < -0.3 is 4.74 Å². The van der Waals surface area contributed by atoms with Crippen LogP contribution in [0.1, 0.15) is 5.56 Å². The van der Waals surface area contributed by atoms with Crippen molar-refractivity contribution in [2.24, 2.45) is 0 Å². The lowest BCUT2D eigenvalue weighted by Crippen LogP contribution is -2.19. The largest absolute Gasteiger partial charge is 0.468 e. The van der Waals surface area contributed by atoms with E-state index in [-0.39, 0.29) is 11.8 Å². The van der Waals surface area contributed by atoms with E-state index in [0.29, 0.717) is 0 Å². The van der Waals surface area contributed by atoms with Gasteiger partial charge in [0.25, 0.3) is 0 Å². The molecule has 0 aromatic carbocycles. The highest BCUT2D eigenvalue weighted by Crippen LogP contribution is 2.17. The highest BCUT2D eigenvalue weighted by molar-refractivity contribution is 6.17. The van der Waals surface area contributed by atoms with Gasteiger partial charge in [-0.1, -0.05) is 6.07 Å². The molecule has 1 heterocycles. The van der Waals surface area contributed by atoms with Crippen molar-refractivity contribution in [2.75, 3.05) is 6.61 Å². The van der Waals surface area contributed by atoms with Gasteiger partial charge in [0.05, 0.1) is 0 Å². The summed E-state index contributed by atoms with van der Waals surface area (Å²) in [5.41, 5.74) is 0.728. The molecule has 0 spiro atoms.